The van der Waals surface area contributed by atoms with Crippen LogP contribution in [-0.2, 0) is 16.1 Å². The fraction of sp³-hybridized carbons (Fsp3) is 0.450. The Bertz CT molecular complexity index is 852. The van der Waals surface area contributed by atoms with Crippen LogP contribution in [0.2, 0.25) is 5.02 Å². The van der Waals surface area contributed by atoms with Gasteiger partial charge in [-0.25, -0.2) is 9.97 Å². The van der Waals surface area contributed by atoms with Crippen LogP contribution in [0.3, 0.4) is 0 Å². The number of carbonyl (C=O) groups excluding carboxylic acids is 1. The van der Waals surface area contributed by atoms with E-state index < -0.39 is 0 Å². The van der Waals surface area contributed by atoms with Gasteiger partial charge in [0, 0.05) is 49.2 Å². The molecule has 0 spiro atoms. The van der Waals surface area contributed by atoms with Crippen molar-refractivity contribution in [3.8, 4) is 0 Å². The number of fused-ring (bicyclic) bond motifs is 1. The normalized spacial score (nSPS) is 20.2. The highest BCUT2D eigenvalue weighted by Gasteiger charge is 2.30. The molecule has 3 heterocycles. The number of piperazine rings is 1. The summed E-state index contributed by atoms with van der Waals surface area (Å²) in [4.78, 5) is 25.6. The lowest BCUT2D eigenvalue weighted by Crippen LogP contribution is -2.49. The van der Waals surface area contributed by atoms with Gasteiger partial charge in [-0.1, -0.05) is 23.7 Å². The van der Waals surface area contributed by atoms with Gasteiger partial charge in [0.25, 0.3) is 0 Å². The predicted octanol–water partition coefficient (Wildman–Crippen LogP) is 2.46. The van der Waals surface area contributed by atoms with Gasteiger partial charge in [0.2, 0.25) is 5.91 Å². The van der Waals surface area contributed by atoms with E-state index in [-0.39, 0.29) is 24.5 Å². The van der Waals surface area contributed by atoms with Crippen molar-refractivity contribution in [3.05, 3.63) is 52.4 Å². The van der Waals surface area contributed by atoms with E-state index in [9.17, 15) is 4.79 Å². The average Bonchev–Trinajstić information content (AvgIpc) is 3.10. The average molecular weight is 402 g/mol. The van der Waals surface area contributed by atoms with Gasteiger partial charge in [-0.05, 0) is 24.6 Å². The first kappa shape index (κ1) is 19.1. The molecule has 1 aromatic heterocycles. The zero-order chi connectivity index (χ0) is 19.7. The quantitative estimate of drug-likeness (QED) is 0.847. The fourth-order valence-corrected chi connectivity index (χ4v) is 3.93. The molecule has 2 N–H and O–H groups in total. The molecule has 1 saturated heterocycles. The molecule has 2 unspecified atom stereocenters. The summed E-state index contributed by atoms with van der Waals surface area (Å²) >= 11 is 5.91. The maximum atomic E-state index is 12.7. The van der Waals surface area contributed by atoms with Crippen LogP contribution in [-0.4, -0.2) is 47.0 Å². The minimum absolute atomic E-state index is 0.00300. The van der Waals surface area contributed by atoms with Crippen molar-refractivity contribution in [2.45, 2.75) is 32.1 Å². The molecule has 2 atom stereocenters. The number of benzene rings is 1. The second kappa shape index (κ2) is 8.03. The molecule has 7 nitrogen and oxygen atoms in total. The largest absolute Gasteiger partial charge is 0.367 e. The third-order valence-electron chi connectivity index (χ3n) is 5.45. The second-order valence-corrected chi connectivity index (χ2v) is 7.68. The van der Waals surface area contributed by atoms with Crippen LogP contribution in [0.15, 0.2) is 30.6 Å². The van der Waals surface area contributed by atoms with Gasteiger partial charge in [0.15, 0.2) is 0 Å². The van der Waals surface area contributed by atoms with Gasteiger partial charge in [-0.15, -0.1) is 0 Å². The van der Waals surface area contributed by atoms with Gasteiger partial charge >= 0.3 is 0 Å². The summed E-state index contributed by atoms with van der Waals surface area (Å²) in [6, 6.07) is 7.01. The van der Waals surface area contributed by atoms with Crippen LogP contribution in [0.25, 0.3) is 0 Å². The number of ether oxygens (including phenoxy) is 1. The lowest BCUT2D eigenvalue weighted by Gasteiger charge is -2.36. The van der Waals surface area contributed by atoms with Crippen LogP contribution in [0, 0.1) is 0 Å². The zero-order valence-corrected chi connectivity index (χ0v) is 16.6. The number of amides is 1. The Morgan fingerprint density at radius 2 is 1.96 bits per heavy atom. The Morgan fingerprint density at radius 3 is 2.68 bits per heavy atom. The molecule has 0 radical (unpaired) electrons. The molecule has 148 valence electrons. The molecule has 8 heteroatoms. The summed E-state index contributed by atoms with van der Waals surface area (Å²) in [6.07, 6.45) is 1.89. The number of anilines is 1. The molecular formula is C20H24ClN5O2. The van der Waals surface area contributed by atoms with Crippen LogP contribution >= 0.6 is 11.6 Å². The topological polar surface area (TPSA) is 84.6 Å². The Labute approximate surface area is 169 Å². The van der Waals surface area contributed by atoms with E-state index in [1.54, 1.807) is 18.5 Å². The lowest BCUT2D eigenvalue weighted by atomic mass is 10.0. The molecule has 28 heavy (non-hydrogen) atoms. The smallest absolute Gasteiger partial charge is 0.224 e. The molecular weight excluding hydrogens is 378 g/mol. The van der Waals surface area contributed by atoms with Gasteiger partial charge in [0.1, 0.15) is 12.1 Å². The number of nitrogens with two attached hydrogens (primary N) is 1. The number of nitrogens with zero attached hydrogens (tertiary/aromatic N) is 4. The number of hydrogen-bond donors (Lipinski definition) is 1. The van der Waals surface area contributed by atoms with Crippen molar-refractivity contribution in [3.63, 3.8) is 0 Å². The molecule has 1 fully saturated rings. The number of hydrogen-bond acceptors (Lipinski definition) is 6. The molecule has 2 aliphatic heterocycles. The van der Waals surface area contributed by atoms with Crippen molar-refractivity contribution in [2.24, 2.45) is 5.73 Å². The van der Waals surface area contributed by atoms with E-state index in [2.05, 4.69) is 14.9 Å². The van der Waals surface area contributed by atoms with E-state index >= 15 is 0 Å². The van der Waals surface area contributed by atoms with Crippen molar-refractivity contribution >= 4 is 23.3 Å². The molecule has 0 aliphatic carbocycles. The second-order valence-electron chi connectivity index (χ2n) is 7.24. The summed E-state index contributed by atoms with van der Waals surface area (Å²) < 4.78 is 5.69. The number of halogens is 1. The van der Waals surface area contributed by atoms with Crippen LogP contribution in [0.1, 0.15) is 42.3 Å². The third-order valence-corrected chi connectivity index (χ3v) is 5.70. The van der Waals surface area contributed by atoms with E-state index in [0.717, 1.165) is 35.7 Å². The maximum Gasteiger partial charge on any atom is 0.224 e. The number of aromatic nitrogens is 2. The summed E-state index contributed by atoms with van der Waals surface area (Å²) in [5, 5.41) is 0.661. The van der Waals surface area contributed by atoms with Crippen LogP contribution in [0.4, 0.5) is 5.82 Å². The molecule has 0 bridgehead atoms. The van der Waals surface area contributed by atoms with Gasteiger partial charge in [-0.3, -0.25) is 4.79 Å². The number of carbonyl (C=O) groups is 1. The standard InChI is InChI=1S/C20H24ClN5O2/c1-13-19-17(11-28-13)23-12-24-20(19)26-8-6-25(7-9-26)18(27)10-16(22)14-2-4-15(21)5-3-14/h2-5,12-13,16H,6-11,22H2,1H3. The van der Waals surface area contributed by atoms with Crippen LogP contribution in [0.5, 0.6) is 0 Å². The molecule has 2 aromatic rings. The van der Waals surface area contributed by atoms with Gasteiger partial charge in [-0.2, -0.15) is 0 Å². The van der Waals surface area contributed by atoms with E-state index in [1.807, 2.05) is 24.0 Å². The summed E-state index contributed by atoms with van der Waals surface area (Å²) in [7, 11) is 0. The summed E-state index contributed by atoms with van der Waals surface area (Å²) in [6.45, 7) is 5.33. The molecule has 1 amide bonds. The predicted molar refractivity (Wildman–Crippen MR) is 107 cm³/mol. The van der Waals surface area contributed by atoms with Crippen molar-refractivity contribution in [1.29, 1.82) is 0 Å². The van der Waals surface area contributed by atoms with Crippen molar-refractivity contribution in [2.75, 3.05) is 31.1 Å². The number of rotatable bonds is 4. The summed E-state index contributed by atoms with van der Waals surface area (Å²) in [5.74, 6) is 1.01. The van der Waals surface area contributed by atoms with Crippen LogP contribution < -0.4 is 10.6 Å². The minimum atomic E-state index is -0.328. The fourth-order valence-electron chi connectivity index (χ4n) is 3.80. The Hall–Kier alpha value is -2.22. The first-order valence-corrected chi connectivity index (χ1v) is 9.90. The highest BCUT2D eigenvalue weighted by atomic mass is 35.5. The van der Waals surface area contributed by atoms with Gasteiger partial charge in [0.05, 0.1) is 18.4 Å². The molecule has 1 aromatic carbocycles. The Morgan fingerprint density at radius 1 is 1.25 bits per heavy atom. The third kappa shape index (κ3) is 3.83. The molecule has 4 rings (SSSR count). The van der Waals surface area contributed by atoms with E-state index in [0.29, 0.717) is 24.7 Å². The van der Waals surface area contributed by atoms with Crippen molar-refractivity contribution < 1.29 is 9.53 Å². The molecule has 0 saturated carbocycles. The Kier molecular flexibility index (Phi) is 5.48. The zero-order valence-electron chi connectivity index (χ0n) is 15.8. The van der Waals surface area contributed by atoms with E-state index in [4.69, 9.17) is 22.1 Å². The first-order valence-electron chi connectivity index (χ1n) is 9.52. The van der Waals surface area contributed by atoms with Crippen molar-refractivity contribution in [1.82, 2.24) is 14.9 Å². The lowest BCUT2D eigenvalue weighted by molar-refractivity contribution is -0.131. The van der Waals surface area contributed by atoms with Gasteiger partial charge < -0.3 is 20.3 Å². The Balaban J connectivity index is 1.36. The minimum Gasteiger partial charge on any atom is -0.367 e. The monoisotopic (exact) mass is 401 g/mol. The SMILES string of the molecule is CC1OCc2ncnc(N3CCN(C(=O)CC(N)c4ccc(Cl)cc4)CC3)c21. The van der Waals surface area contributed by atoms with E-state index in [1.165, 1.54) is 0 Å². The highest BCUT2D eigenvalue weighted by molar-refractivity contribution is 6.30. The maximum absolute atomic E-state index is 12.7. The molecule has 2 aliphatic rings. The summed E-state index contributed by atoms with van der Waals surface area (Å²) in [5.41, 5.74) is 9.17. The first-order chi connectivity index (χ1) is 13.5. The highest BCUT2D eigenvalue weighted by Crippen LogP contribution is 2.35.